The highest BCUT2D eigenvalue weighted by Crippen LogP contribution is 2.55. The van der Waals surface area contributed by atoms with Crippen LogP contribution in [0, 0.1) is 0 Å². The van der Waals surface area contributed by atoms with Crippen LogP contribution in [0.5, 0.6) is 0 Å². The molecule has 0 atom stereocenters. The minimum Gasteiger partial charge on any atom is -0.282 e. The maximum absolute atomic E-state index is 11.9. The molecule has 0 heterocycles. The largest absolute Gasteiger partial charge is 0.295 e. The van der Waals surface area contributed by atoms with Gasteiger partial charge in [-0.3, -0.25) is 9.11 Å². The van der Waals surface area contributed by atoms with Gasteiger partial charge in [-0.15, -0.1) is 0 Å². The van der Waals surface area contributed by atoms with Crippen molar-refractivity contribution in [2.75, 3.05) is 0 Å². The molecule has 2 saturated carbocycles. The van der Waals surface area contributed by atoms with Gasteiger partial charge >= 0.3 is 0 Å². The van der Waals surface area contributed by atoms with Gasteiger partial charge in [-0.1, -0.05) is 82.8 Å². The standard InChI is InChI=1S/C18H27O3PS.C6H6O3S/c19-23(20,21)18-14-8-7-13-17(18)22(15-9-3-1-4-10-15)16-11-5-2-6-12-16;7-10(8,9)6-4-2-1-3-5-6/h7-8,13-16H,1-6,9-12H2,(H,19,20,21);1-5H,(H,7,8,9). The van der Waals surface area contributed by atoms with Gasteiger partial charge in [-0.2, -0.15) is 16.8 Å². The van der Waals surface area contributed by atoms with E-state index in [0.29, 0.717) is 11.3 Å². The van der Waals surface area contributed by atoms with Crippen LogP contribution in [-0.2, 0) is 20.2 Å². The van der Waals surface area contributed by atoms with Crippen molar-refractivity contribution >= 4 is 33.5 Å². The number of benzene rings is 2. The molecule has 6 nitrogen and oxygen atoms in total. The van der Waals surface area contributed by atoms with Crippen molar-refractivity contribution < 1.29 is 25.9 Å². The minimum atomic E-state index is -4.14. The summed E-state index contributed by atoms with van der Waals surface area (Å²) in [6, 6.07) is 14.6. The summed E-state index contributed by atoms with van der Waals surface area (Å²) in [4.78, 5) is 0.0947. The molecule has 0 aliphatic heterocycles. The lowest BCUT2D eigenvalue weighted by Crippen LogP contribution is -2.28. The van der Waals surface area contributed by atoms with Crippen LogP contribution in [0.3, 0.4) is 0 Å². The van der Waals surface area contributed by atoms with Crippen molar-refractivity contribution in [2.24, 2.45) is 0 Å². The molecule has 2 aromatic rings. The molecule has 4 rings (SSSR count). The third-order valence-corrected chi connectivity index (χ3v) is 11.9. The molecule has 2 N–H and O–H groups in total. The molecule has 0 amide bonds. The van der Waals surface area contributed by atoms with E-state index in [9.17, 15) is 21.4 Å². The van der Waals surface area contributed by atoms with Gasteiger partial charge in [0.15, 0.2) is 0 Å². The van der Waals surface area contributed by atoms with E-state index >= 15 is 0 Å². The van der Waals surface area contributed by atoms with Crippen molar-refractivity contribution in [1.29, 1.82) is 0 Å². The smallest absolute Gasteiger partial charge is 0.282 e. The van der Waals surface area contributed by atoms with Crippen LogP contribution >= 0.6 is 7.92 Å². The van der Waals surface area contributed by atoms with Gasteiger partial charge in [0.25, 0.3) is 20.2 Å². The van der Waals surface area contributed by atoms with E-state index in [0.717, 1.165) is 5.30 Å². The molecule has 182 valence electrons. The van der Waals surface area contributed by atoms with Gasteiger partial charge in [0.05, 0.1) is 4.90 Å². The Hall–Kier alpha value is -1.31. The predicted molar refractivity (Wildman–Crippen MR) is 133 cm³/mol. The molecule has 2 aromatic carbocycles. The second kappa shape index (κ2) is 11.9. The first kappa shape index (κ1) is 26.3. The SMILES string of the molecule is O=S(=O)(O)c1ccccc1.O=S(=O)(O)c1ccccc1P(C1CCCCC1)C1CCCCC1. The monoisotopic (exact) mass is 512 g/mol. The maximum atomic E-state index is 11.9. The third-order valence-electron chi connectivity index (χ3n) is 6.40. The second-order valence-corrected chi connectivity index (χ2v) is 14.3. The average Bonchev–Trinajstić information content (AvgIpc) is 2.81. The highest BCUT2D eigenvalue weighted by molar-refractivity contribution is 7.87. The van der Waals surface area contributed by atoms with Crippen LogP contribution < -0.4 is 5.30 Å². The minimum absolute atomic E-state index is 0.0741. The summed E-state index contributed by atoms with van der Waals surface area (Å²) in [6.07, 6.45) is 12.6. The van der Waals surface area contributed by atoms with Crippen LogP contribution in [0.4, 0.5) is 0 Å². The van der Waals surface area contributed by atoms with Gasteiger partial charge in [0.1, 0.15) is 4.90 Å². The van der Waals surface area contributed by atoms with Crippen LogP contribution in [0.25, 0.3) is 0 Å². The fraction of sp³-hybridized carbons (Fsp3) is 0.500. The molecule has 0 unspecified atom stereocenters. The normalized spacial score (nSPS) is 18.5. The summed E-state index contributed by atoms with van der Waals surface area (Å²) in [7, 11) is -8.66. The zero-order chi connectivity index (χ0) is 23.9. The van der Waals surface area contributed by atoms with Gasteiger partial charge in [-0.25, -0.2) is 0 Å². The molecule has 2 aliphatic rings. The molecule has 0 radical (unpaired) electrons. The first-order chi connectivity index (χ1) is 15.7. The highest BCUT2D eigenvalue weighted by Gasteiger charge is 2.35. The second-order valence-electron chi connectivity index (χ2n) is 8.72. The van der Waals surface area contributed by atoms with E-state index < -0.39 is 28.2 Å². The first-order valence-corrected chi connectivity index (χ1v) is 15.9. The lowest BCUT2D eigenvalue weighted by molar-refractivity contribution is 0.480. The summed E-state index contributed by atoms with van der Waals surface area (Å²) >= 11 is 0. The molecule has 2 fully saturated rings. The average molecular weight is 513 g/mol. The van der Waals surface area contributed by atoms with Crippen molar-refractivity contribution in [3.8, 4) is 0 Å². The number of hydrogen-bond donors (Lipinski definition) is 2. The van der Waals surface area contributed by atoms with Crippen LogP contribution in [0.2, 0.25) is 0 Å². The maximum Gasteiger partial charge on any atom is 0.295 e. The van der Waals surface area contributed by atoms with Crippen molar-refractivity contribution in [3.63, 3.8) is 0 Å². The first-order valence-electron chi connectivity index (χ1n) is 11.6. The van der Waals surface area contributed by atoms with Gasteiger partial charge in [0, 0.05) is 0 Å². The topological polar surface area (TPSA) is 109 Å². The molecule has 2 aliphatic carbocycles. The molecular formula is C24H33O6PS2. The van der Waals surface area contributed by atoms with E-state index in [1.165, 1.54) is 76.3 Å². The molecular weight excluding hydrogens is 479 g/mol. The molecule has 0 aromatic heterocycles. The summed E-state index contributed by atoms with van der Waals surface area (Å²) in [5.74, 6) is 0. The molecule has 33 heavy (non-hydrogen) atoms. The van der Waals surface area contributed by atoms with Crippen molar-refractivity contribution in [1.82, 2.24) is 0 Å². The molecule has 0 saturated heterocycles. The number of hydrogen-bond acceptors (Lipinski definition) is 4. The Labute approximate surface area is 199 Å². The van der Waals surface area contributed by atoms with E-state index in [1.807, 2.05) is 12.1 Å². The zero-order valence-electron chi connectivity index (χ0n) is 18.7. The summed E-state index contributed by atoms with van der Waals surface area (Å²) in [6.45, 7) is 0. The van der Waals surface area contributed by atoms with Crippen molar-refractivity contribution in [3.05, 3.63) is 54.6 Å². The van der Waals surface area contributed by atoms with E-state index in [-0.39, 0.29) is 9.79 Å². The Bertz CT molecular complexity index is 1070. The Morgan fingerprint density at radius 2 is 1.06 bits per heavy atom. The molecule has 0 spiro atoms. The van der Waals surface area contributed by atoms with Crippen LogP contribution in [0.1, 0.15) is 64.2 Å². The Morgan fingerprint density at radius 3 is 1.48 bits per heavy atom. The third kappa shape index (κ3) is 7.59. The highest BCUT2D eigenvalue weighted by atomic mass is 32.2. The van der Waals surface area contributed by atoms with E-state index in [1.54, 1.807) is 30.3 Å². The lowest BCUT2D eigenvalue weighted by Gasteiger charge is -2.39. The van der Waals surface area contributed by atoms with E-state index in [4.69, 9.17) is 4.55 Å². The zero-order valence-corrected chi connectivity index (χ0v) is 21.2. The molecule has 0 bridgehead atoms. The lowest BCUT2D eigenvalue weighted by atomic mass is 9.99. The van der Waals surface area contributed by atoms with Crippen LogP contribution in [-0.4, -0.2) is 37.3 Å². The van der Waals surface area contributed by atoms with Crippen molar-refractivity contribution in [2.45, 2.75) is 85.3 Å². The fourth-order valence-electron chi connectivity index (χ4n) is 4.89. The Morgan fingerprint density at radius 1 is 0.606 bits per heavy atom. The fourth-order valence-corrected chi connectivity index (χ4v) is 10.5. The van der Waals surface area contributed by atoms with Gasteiger partial charge < -0.3 is 0 Å². The Balaban J connectivity index is 0.000000257. The van der Waals surface area contributed by atoms with Crippen LogP contribution in [0.15, 0.2) is 64.4 Å². The van der Waals surface area contributed by atoms with Gasteiger partial charge in [-0.05, 0) is 60.5 Å². The predicted octanol–water partition coefficient (Wildman–Crippen LogP) is 5.64. The quantitative estimate of drug-likeness (QED) is 0.396. The molecule has 9 heteroatoms. The van der Waals surface area contributed by atoms with E-state index in [2.05, 4.69) is 0 Å². The number of rotatable bonds is 5. The summed E-state index contributed by atoms with van der Waals surface area (Å²) < 4.78 is 62.7. The Kier molecular flexibility index (Phi) is 9.48. The summed E-state index contributed by atoms with van der Waals surface area (Å²) in [5.41, 5.74) is 1.26. The van der Waals surface area contributed by atoms with Gasteiger partial charge in [0.2, 0.25) is 0 Å². The summed E-state index contributed by atoms with van der Waals surface area (Å²) in [5, 5.41) is 0.934.